The summed E-state index contributed by atoms with van der Waals surface area (Å²) < 4.78 is 0. The molecular formula is C22H24ClPPd. The topological polar surface area (TPSA) is 0 Å². The number of hydrogen-bond donors (Lipinski definition) is 0. The standard InChI is InChI=1S/C21H21P.CH3.ClH.Pd/c1-16-10-4-7-13-19(16)22(20-14-8-5-11-17(20)2)21-15-9-6-12-18(21)3;;;/h4-15H,1-3H3;1H3;1H;/q;-1;;+2/p-1. The van der Waals surface area contributed by atoms with Gasteiger partial charge in [-0.25, -0.2) is 0 Å². The molecule has 3 aromatic carbocycles. The molecule has 0 aliphatic rings. The van der Waals surface area contributed by atoms with Crippen LogP contribution in [-0.2, 0) is 20.4 Å². The number of halogens is 1. The van der Waals surface area contributed by atoms with Gasteiger partial charge in [0.05, 0.1) is 0 Å². The Morgan fingerprint density at radius 3 is 1.00 bits per heavy atom. The first kappa shape index (κ1) is 24.0. The fourth-order valence-corrected chi connectivity index (χ4v) is 5.60. The minimum atomic E-state index is -0.508. The summed E-state index contributed by atoms with van der Waals surface area (Å²) in [6.07, 6.45) is 0. The molecule has 0 spiro atoms. The average Bonchev–Trinajstić information content (AvgIpc) is 2.53. The van der Waals surface area contributed by atoms with Crippen LogP contribution in [0, 0.1) is 28.2 Å². The summed E-state index contributed by atoms with van der Waals surface area (Å²) in [5.74, 6) is 0. The van der Waals surface area contributed by atoms with Gasteiger partial charge in [0.2, 0.25) is 0 Å². The van der Waals surface area contributed by atoms with Crippen LogP contribution in [0.3, 0.4) is 0 Å². The third-order valence-corrected chi connectivity index (χ3v) is 7.02. The quantitative estimate of drug-likeness (QED) is 0.317. The van der Waals surface area contributed by atoms with Crippen LogP contribution < -0.4 is 28.3 Å². The summed E-state index contributed by atoms with van der Waals surface area (Å²) in [7, 11) is -0.508. The second-order valence-corrected chi connectivity index (χ2v) is 7.81. The van der Waals surface area contributed by atoms with Crippen molar-refractivity contribution in [3.8, 4) is 0 Å². The van der Waals surface area contributed by atoms with E-state index in [4.69, 9.17) is 0 Å². The van der Waals surface area contributed by atoms with Crippen molar-refractivity contribution in [3.05, 3.63) is 96.9 Å². The van der Waals surface area contributed by atoms with Crippen LogP contribution in [0.4, 0.5) is 0 Å². The van der Waals surface area contributed by atoms with E-state index in [0.29, 0.717) is 0 Å². The van der Waals surface area contributed by atoms with E-state index in [1.165, 1.54) is 32.6 Å². The van der Waals surface area contributed by atoms with Gasteiger partial charge in [-0.05, 0) is 61.3 Å². The Hall–Kier alpha value is -0.958. The first-order chi connectivity index (χ1) is 10.7. The normalized spacial score (nSPS) is 9.60. The second kappa shape index (κ2) is 10.9. The molecule has 0 saturated carbocycles. The molecule has 0 nitrogen and oxygen atoms in total. The molecule has 0 bridgehead atoms. The number of benzene rings is 3. The van der Waals surface area contributed by atoms with Crippen molar-refractivity contribution in [2.75, 3.05) is 0 Å². The van der Waals surface area contributed by atoms with E-state index >= 15 is 0 Å². The van der Waals surface area contributed by atoms with E-state index in [-0.39, 0.29) is 40.3 Å². The number of rotatable bonds is 3. The van der Waals surface area contributed by atoms with Gasteiger partial charge in [-0.2, -0.15) is 0 Å². The first-order valence-electron chi connectivity index (χ1n) is 7.65. The van der Waals surface area contributed by atoms with Gasteiger partial charge in [-0.3, -0.25) is 0 Å². The summed E-state index contributed by atoms with van der Waals surface area (Å²) in [5, 5.41) is 4.38. The zero-order valence-corrected chi connectivity index (χ0v) is 18.3. The maximum atomic E-state index is 2.29. The second-order valence-electron chi connectivity index (χ2n) is 5.69. The molecule has 0 aromatic heterocycles. The fraction of sp³-hybridized carbons (Fsp3) is 0.136. The molecule has 3 rings (SSSR count). The molecule has 3 aromatic rings. The summed E-state index contributed by atoms with van der Waals surface area (Å²) in [4.78, 5) is 0. The summed E-state index contributed by atoms with van der Waals surface area (Å²) in [6, 6.07) is 26.4. The van der Waals surface area contributed by atoms with Gasteiger partial charge in [-0.15, -0.1) is 0 Å². The molecule has 0 N–H and O–H groups in total. The van der Waals surface area contributed by atoms with Crippen molar-refractivity contribution in [3.63, 3.8) is 0 Å². The van der Waals surface area contributed by atoms with Crippen molar-refractivity contribution < 1.29 is 32.8 Å². The zero-order valence-electron chi connectivity index (χ0n) is 15.1. The van der Waals surface area contributed by atoms with Gasteiger partial charge >= 0.3 is 20.4 Å². The van der Waals surface area contributed by atoms with Crippen molar-refractivity contribution in [1.29, 1.82) is 0 Å². The van der Waals surface area contributed by atoms with Crippen LogP contribution in [0.2, 0.25) is 0 Å². The Bertz CT molecular complexity index is 693. The molecule has 0 fully saturated rings. The van der Waals surface area contributed by atoms with E-state index in [2.05, 4.69) is 93.6 Å². The van der Waals surface area contributed by atoms with Crippen LogP contribution in [-0.4, -0.2) is 0 Å². The minimum absolute atomic E-state index is 0. The molecule has 0 aliphatic carbocycles. The van der Waals surface area contributed by atoms with Crippen molar-refractivity contribution >= 4 is 23.8 Å². The molecule has 0 heterocycles. The van der Waals surface area contributed by atoms with Gasteiger partial charge in [0, 0.05) is 0 Å². The van der Waals surface area contributed by atoms with Crippen molar-refractivity contribution in [1.82, 2.24) is 0 Å². The Labute approximate surface area is 173 Å². The first-order valence-corrected chi connectivity index (χ1v) is 8.99. The van der Waals surface area contributed by atoms with Crippen LogP contribution in [0.1, 0.15) is 16.7 Å². The summed E-state index contributed by atoms with van der Waals surface area (Å²) in [6.45, 7) is 6.67. The smallest absolute Gasteiger partial charge is 1.00 e. The van der Waals surface area contributed by atoms with Gasteiger partial charge in [0.25, 0.3) is 0 Å². The van der Waals surface area contributed by atoms with E-state index in [1.54, 1.807) is 0 Å². The van der Waals surface area contributed by atoms with Crippen LogP contribution >= 0.6 is 7.92 Å². The molecular weight excluding hydrogens is 437 g/mol. The van der Waals surface area contributed by atoms with Gasteiger partial charge in [0.15, 0.2) is 0 Å². The molecule has 25 heavy (non-hydrogen) atoms. The zero-order chi connectivity index (χ0) is 15.5. The largest absolute Gasteiger partial charge is 2.00 e. The molecule has 134 valence electrons. The Balaban J connectivity index is 0.00000192. The molecule has 3 heteroatoms. The Kier molecular flexibility index (Phi) is 10.5. The van der Waals surface area contributed by atoms with Crippen LogP contribution in [0.5, 0.6) is 0 Å². The molecule has 0 amide bonds. The molecule has 0 saturated heterocycles. The van der Waals surface area contributed by atoms with Crippen molar-refractivity contribution in [2.24, 2.45) is 0 Å². The SMILES string of the molecule is Cc1ccccc1P(c1ccccc1C)c1ccccc1C.[CH3-].[Cl-].[Pd+2]. The van der Waals surface area contributed by atoms with E-state index in [1.807, 2.05) is 0 Å². The van der Waals surface area contributed by atoms with E-state index < -0.39 is 7.92 Å². The summed E-state index contributed by atoms with van der Waals surface area (Å²) in [5.41, 5.74) is 4.13. The molecule has 0 aliphatic heterocycles. The predicted molar refractivity (Wildman–Crippen MR) is 106 cm³/mol. The van der Waals surface area contributed by atoms with E-state index in [0.717, 1.165) is 0 Å². The number of hydrogen-bond acceptors (Lipinski definition) is 0. The van der Waals surface area contributed by atoms with Crippen LogP contribution in [0.25, 0.3) is 0 Å². The van der Waals surface area contributed by atoms with Gasteiger partial charge in [-0.1, -0.05) is 72.8 Å². The third-order valence-electron chi connectivity index (χ3n) is 4.07. The summed E-state index contributed by atoms with van der Waals surface area (Å²) >= 11 is 0. The van der Waals surface area contributed by atoms with Gasteiger partial charge in [0.1, 0.15) is 0 Å². The Morgan fingerprint density at radius 1 is 0.520 bits per heavy atom. The molecule has 0 radical (unpaired) electrons. The molecule has 0 unspecified atom stereocenters. The van der Waals surface area contributed by atoms with E-state index in [9.17, 15) is 0 Å². The Morgan fingerprint density at radius 2 is 0.760 bits per heavy atom. The van der Waals surface area contributed by atoms with Crippen LogP contribution in [0.15, 0.2) is 72.8 Å². The fourth-order valence-electron chi connectivity index (χ4n) is 2.83. The maximum Gasteiger partial charge on any atom is 2.00 e. The minimum Gasteiger partial charge on any atom is -1.00 e. The molecule has 0 atom stereocenters. The maximum absolute atomic E-state index is 2.29. The van der Waals surface area contributed by atoms with Crippen molar-refractivity contribution in [2.45, 2.75) is 20.8 Å². The average molecular weight is 461 g/mol. The third kappa shape index (κ3) is 5.26. The predicted octanol–water partition coefficient (Wildman–Crippen LogP) is 1.82. The van der Waals surface area contributed by atoms with Gasteiger partial charge < -0.3 is 19.8 Å². The number of aryl methyl sites for hydroxylation is 3. The monoisotopic (exact) mass is 460 g/mol.